The van der Waals surface area contributed by atoms with Crippen molar-refractivity contribution < 1.29 is 4.21 Å². The maximum absolute atomic E-state index is 11.9. The van der Waals surface area contributed by atoms with Crippen molar-refractivity contribution in [1.29, 1.82) is 0 Å². The van der Waals surface area contributed by atoms with E-state index in [4.69, 9.17) is 0 Å². The Morgan fingerprint density at radius 3 is 2.89 bits per heavy atom. The Kier molecular flexibility index (Phi) is 5.33. The third-order valence-corrected chi connectivity index (χ3v) is 5.97. The quantitative estimate of drug-likeness (QED) is 0.907. The van der Waals surface area contributed by atoms with E-state index in [0.29, 0.717) is 17.2 Å². The molecule has 1 aromatic rings. The number of anilines is 1. The average Bonchev–Trinajstić information content (AvgIpc) is 2.87. The minimum atomic E-state index is -0.667. The topological polar surface area (TPSA) is 54.9 Å². The zero-order chi connectivity index (χ0) is 13.8. The number of rotatable bonds is 5. The van der Waals surface area contributed by atoms with E-state index in [-0.39, 0.29) is 0 Å². The van der Waals surface area contributed by atoms with Crippen LogP contribution < -0.4 is 5.32 Å². The molecule has 6 heteroatoms. The predicted octanol–water partition coefficient (Wildman–Crippen LogP) is 3.15. The van der Waals surface area contributed by atoms with Gasteiger partial charge in [0.25, 0.3) is 0 Å². The summed E-state index contributed by atoms with van der Waals surface area (Å²) in [5.74, 6) is 2.06. The van der Waals surface area contributed by atoms with E-state index in [2.05, 4.69) is 28.5 Å². The minimum absolute atomic E-state index is 0.355. The van der Waals surface area contributed by atoms with Gasteiger partial charge in [0.15, 0.2) is 0 Å². The molecule has 0 radical (unpaired) electrons. The maximum atomic E-state index is 11.9. The molecule has 3 atom stereocenters. The minimum Gasteiger partial charge on any atom is -0.358 e. The molecule has 1 heterocycles. The smallest absolute Gasteiger partial charge is 0.202 e. The second-order valence-corrected chi connectivity index (χ2v) is 8.17. The van der Waals surface area contributed by atoms with Crippen LogP contribution in [0.5, 0.6) is 0 Å². The number of hydrogen-bond acceptors (Lipinski definition) is 5. The molecule has 0 spiro atoms. The van der Waals surface area contributed by atoms with E-state index in [0.717, 1.165) is 42.4 Å². The summed E-state index contributed by atoms with van der Waals surface area (Å²) < 4.78 is 16.3. The number of nitrogens with zero attached hydrogens (tertiary/aromatic N) is 2. The van der Waals surface area contributed by atoms with Crippen molar-refractivity contribution in [1.82, 2.24) is 9.36 Å². The summed E-state index contributed by atoms with van der Waals surface area (Å²) in [5.41, 5.74) is 0. The molecule has 1 N–H and O–H groups in total. The second-order valence-electron chi connectivity index (χ2n) is 5.41. The molecule has 0 aromatic carbocycles. The molecule has 0 aliphatic heterocycles. The van der Waals surface area contributed by atoms with Gasteiger partial charge in [-0.15, -0.1) is 0 Å². The number of aromatic nitrogens is 2. The predicted molar refractivity (Wildman–Crippen MR) is 82.3 cm³/mol. The Balaban J connectivity index is 1.92. The van der Waals surface area contributed by atoms with E-state index < -0.39 is 10.8 Å². The maximum Gasteiger partial charge on any atom is 0.202 e. The largest absolute Gasteiger partial charge is 0.358 e. The lowest BCUT2D eigenvalue weighted by atomic mass is 9.95. The summed E-state index contributed by atoms with van der Waals surface area (Å²) in [6.45, 7) is 6.21. The molecule has 1 saturated carbocycles. The Hall–Kier alpha value is -0.490. The molecular weight excluding hydrogens is 278 g/mol. The molecule has 1 aromatic heterocycles. The van der Waals surface area contributed by atoms with Crippen molar-refractivity contribution in [2.45, 2.75) is 63.7 Å². The normalized spacial score (nSPS) is 25.5. The highest BCUT2D eigenvalue weighted by Gasteiger charge is 2.26. The van der Waals surface area contributed by atoms with Crippen molar-refractivity contribution >= 4 is 27.5 Å². The zero-order valence-corrected chi connectivity index (χ0v) is 13.5. The number of hydrogen-bond donors (Lipinski definition) is 1. The van der Waals surface area contributed by atoms with Gasteiger partial charge in [0, 0.05) is 45.3 Å². The van der Waals surface area contributed by atoms with Crippen LogP contribution in [0, 0.1) is 0 Å². The summed E-state index contributed by atoms with van der Waals surface area (Å²) in [7, 11) is -0.667. The van der Waals surface area contributed by atoms with Crippen LogP contribution in [0.2, 0.25) is 0 Å². The Morgan fingerprint density at radius 1 is 1.47 bits per heavy atom. The van der Waals surface area contributed by atoms with E-state index in [1.165, 1.54) is 11.5 Å². The molecule has 0 bridgehead atoms. The zero-order valence-electron chi connectivity index (χ0n) is 11.9. The molecule has 4 nitrogen and oxygen atoms in total. The average molecular weight is 301 g/mol. The van der Waals surface area contributed by atoms with Crippen molar-refractivity contribution in [2.24, 2.45) is 0 Å². The Bertz CT molecular complexity index is 433. The molecule has 2 rings (SSSR count). The van der Waals surface area contributed by atoms with Crippen molar-refractivity contribution in [3.05, 3.63) is 5.82 Å². The van der Waals surface area contributed by atoms with E-state index >= 15 is 0 Å². The molecule has 3 unspecified atom stereocenters. The fourth-order valence-electron chi connectivity index (χ4n) is 2.45. The van der Waals surface area contributed by atoms with Crippen LogP contribution in [0.15, 0.2) is 0 Å². The van der Waals surface area contributed by atoms with Crippen molar-refractivity contribution in [3.63, 3.8) is 0 Å². The lowest BCUT2D eigenvalue weighted by Gasteiger charge is -2.28. The molecule has 19 heavy (non-hydrogen) atoms. The van der Waals surface area contributed by atoms with E-state index in [9.17, 15) is 4.21 Å². The Labute approximate surface area is 122 Å². The van der Waals surface area contributed by atoms with Gasteiger partial charge in [-0.2, -0.15) is 4.37 Å². The van der Waals surface area contributed by atoms with Gasteiger partial charge in [0.1, 0.15) is 5.82 Å². The SMILES string of the molecule is CCS(=O)C1CCCC(Nc2nc(C(C)C)ns2)C1. The van der Waals surface area contributed by atoms with Gasteiger partial charge in [-0.05, 0) is 19.3 Å². The lowest BCUT2D eigenvalue weighted by molar-refractivity contribution is 0.465. The summed E-state index contributed by atoms with van der Waals surface area (Å²) >= 11 is 1.44. The molecule has 1 aliphatic carbocycles. The van der Waals surface area contributed by atoms with Crippen molar-refractivity contribution in [3.8, 4) is 0 Å². The van der Waals surface area contributed by atoms with Gasteiger partial charge >= 0.3 is 0 Å². The highest BCUT2D eigenvalue weighted by molar-refractivity contribution is 7.85. The first kappa shape index (κ1) is 14.9. The standard InChI is InChI=1S/C13H23N3OS2/c1-4-19(17)11-7-5-6-10(8-11)14-13-15-12(9(2)3)16-18-13/h9-11H,4-8H2,1-3H3,(H,14,15,16). The fraction of sp³-hybridized carbons (Fsp3) is 0.846. The highest BCUT2D eigenvalue weighted by atomic mass is 32.2. The third kappa shape index (κ3) is 3.99. The van der Waals surface area contributed by atoms with Crippen LogP contribution in [0.25, 0.3) is 0 Å². The van der Waals surface area contributed by atoms with E-state index in [1.807, 2.05) is 6.92 Å². The highest BCUT2D eigenvalue weighted by Crippen LogP contribution is 2.26. The van der Waals surface area contributed by atoms with Crippen LogP contribution in [0.1, 0.15) is 58.2 Å². The van der Waals surface area contributed by atoms with Crippen LogP contribution >= 0.6 is 11.5 Å². The van der Waals surface area contributed by atoms with Gasteiger partial charge in [0.2, 0.25) is 5.13 Å². The van der Waals surface area contributed by atoms with E-state index in [1.54, 1.807) is 0 Å². The van der Waals surface area contributed by atoms with Gasteiger partial charge in [0.05, 0.1) is 0 Å². The lowest BCUT2D eigenvalue weighted by Crippen LogP contribution is -2.32. The molecular formula is C13H23N3OS2. The van der Waals surface area contributed by atoms with Gasteiger partial charge < -0.3 is 5.32 Å². The van der Waals surface area contributed by atoms with Gasteiger partial charge in [-0.1, -0.05) is 27.2 Å². The second kappa shape index (κ2) is 6.79. The van der Waals surface area contributed by atoms with Crippen LogP contribution in [0.3, 0.4) is 0 Å². The summed E-state index contributed by atoms with van der Waals surface area (Å²) in [5, 5.41) is 4.74. The van der Waals surface area contributed by atoms with Crippen LogP contribution in [-0.2, 0) is 10.8 Å². The monoisotopic (exact) mass is 301 g/mol. The first-order chi connectivity index (χ1) is 9.10. The third-order valence-electron chi connectivity index (χ3n) is 3.57. The van der Waals surface area contributed by atoms with Crippen LogP contribution in [0.4, 0.5) is 5.13 Å². The summed E-state index contributed by atoms with van der Waals surface area (Å²) in [6, 6.07) is 0.405. The molecule has 0 amide bonds. The van der Waals surface area contributed by atoms with Gasteiger partial charge in [-0.25, -0.2) is 4.98 Å². The molecule has 1 fully saturated rings. The molecule has 1 aliphatic rings. The summed E-state index contributed by atoms with van der Waals surface area (Å²) in [6.07, 6.45) is 4.40. The molecule has 108 valence electrons. The first-order valence-corrected chi connectivity index (χ1v) is 9.23. The Morgan fingerprint density at radius 2 is 2.26 bits per heavy atom. The first-order valence-electron chi connectivity index (χ1n) is 7.07. The molecule has 0 saturated heterocycles. The van der Waals surface area contributed by atoms with Crippen molar-refractivity contribution in [2.75, 3.05) is 11.1 Å². The fourth-order valence-corrected chi connectivity index (χ4v) is 4.59. The van der Waals surface area contributed by atoms with Gasteiger partial charge in [-0.3, -0.25) is 4.21 Å². The van der Waals surface area contributed by atoms with Crippen LogP contribution in [-0.4, -0.2) is 30.6 Å². The summed E-state index contributed by atoms with van der Waals surface area (Å²) in [4.78, 5) is 4.51. The number of nitrogens with one attached hydrogen (secondary N) is 1.